The summed E-state index contributed by atoms with van der Waals surface area (Å²) >= 11 is 7.12. The Kier molecular flexibility index (Phi) is 7.02. The van der Waals surface area contributed by atoms with Gasteiger partial charge in [0.05, 0.1) is 27.6 Å². The Morgan fingerprint density at radius 3 is 2.77 bits per heavy atom. The number of amidine groups is 1. The highest BCUT2D eigenvalue weighted by atomic mass is 35.5. The molecule has 0 saturated carbocycles. The van der Waals surface area contributed by atoms with E-state index in [0.717, 1.165) is 16.8 Å². The van der Waals surface area contributed by atoms with E-state index in [2.05, 4.69) is 10.8 Å². The molecule has 1 aliphatic rings. The van der Waals surface area contributed by atoms with Gasteiger partial charge in [0.2, 0.25) is 0 Å². The number of thiophene rings is 1. The number of amides is 1. The van der Waals surface area contributed by atoms with Crippen LogP contribution < -0.4 is 15.5 Å². The van der Waals surface area contributed by atoms with E-state index in [4.69, 9.17) is 26.6 Å². The predicted molar refractivity (Wildman–Crippen MR) is 120 cm³/mol. The maximum atomic E-state index is 12.2. The zero-order valence-corrected chi connectivity index (χ0v) is 18.9. The number of nitrogens with zero attached hydrogens (tertiary/aromatic N) is 1. The summed E-state index contributed by atoms with van der Waals surface area (Å²) in [5.41, 5.74) is 5.27. The van der Waals surface area contributed by atoms with E-state index in [1.54, 1.807) is 17.0 Å². The Bertz CT molecular complexity index is 971. The molecule has 2 aromatic rings. The van der Waals surface area contributed by atoms with Gasteiger partial charge in [0.1, 0.15) is 17.7 Å². The molecule has 9 heteroatoms. The lowest BCUT2D eigenvalue weighted by Gasteiger charge is -2.19. The molecule has 0 radical (unpaired) electrons. The number of hydrogen-bond acceptors (Lipinski definition) is 6. The Balaban J connectivity index is 1.74. The van der Waals surface area contributed by atoms with Gasteiger partial charge < -0.3 is 15.0 Å². The van der Waals surface area contributed by atoms with Crippen molar-refractivity contribution >= 4 is 40.4 Å². The third-order valence-electron chi connectivity index (χ3n) is 4.29. The first-order chi connectivity index (χ1) is 14.2. The van der Waals surface area contributed by atoms with Crippen LogP contribution in [0.2, 0.25) is 4.34 Å². The molecule has 3 rings (SSSR count). The van der Waals surface area contributed by atoms with Crippen LogP contribution in [0.25, 0.3) is 5.70 Å². The van der Waals surface area contributed by atoms with Crippen molar-refractivity contribution in [2.75, 3.05) is 20.6 Å². The lowest BCUT2D eigenvalue weighted by Crippen LogP contribution is -2.31. The van der Waals surface area contributed by atoms with Crippen molar-refractivity contribution in [1.29, 1.82) is 5.41 Å². The molecule has 0 aliphatic carbocycles. The molecule has 30 heavy (non-hydrogen) atoms. The second kappa shape index (κ2) is 9.51. The summed E-state index contributed by atoms with van der Waals surface area (Å²) in [6, 6.07) is 9.03. The molecule has 1 aromatic carbocycles. The minimum absolute atomic E-state index is 0.0248. The zero-order chi connectivity index (χ0) is 21.8. The normalized spacial score (nSPS) is 15.5. The standard InChI is InChI=1S/C21H25ClN4O3S/c1-12(2)28-17-9-13(20(23)26(3)4)5-6-15(17)16-10-14(29-25-16)11-24-21(27)18-7-8-19(22)30-18/h5-10,12,14,23,25H,11H2,1-4H3,(H,24,27). The predicted octanol–water partition coefficient (Wildman–Crippen LogP) is 3.75. The van der Waals surface area contributed by atoms with Crippen LogP contribution in [0.4, 0.5) is 0 Å². The number of nitrogens with one attached hydrogen (secondary N) is 3. The summed E-state index contributed by atoms with van der Waals surface area (Å²) in [6.45, 7) is 4.22. The minimum Gasteiger partial charge on any atom is -0.490 e. The average molecular weight is 449 g/mol. The molecule has 1 atom stereocenters. The Morgan fingerprint density at radius 1 is 1.37 bits per heavy atom. The number of benzene rings is 1. The topological polar surface area (TPSA) is 86.7 Å². The fraction of sp³-hybridized carbons (Fsp3) is 0.333. The van der Waals surface area contributed by atoms with Crippen LogP contribution in [-0.4, -0.2) is 49.5 Å². The van der Waals surface area contributed by atoms with Crippen LogP contribution in [0.15, 0.2) is 36.4 Å². The van der Waals surface area contributed by atoms with Gasteiger partial charge in [-0.2, -0.15) is 0 Å². The van der Waals surface area contributed by atoms with Crippen LogP contribution in [0.5, 0.6) is 5.75 Å². The van der Waals surface area contributed by atoms with E-state index >= 15 is 0 Å². The number of hydroxylamine groups is 1. The summed E-state index contributed by atoms with van der Waals surface area (Å²) in [5.74, 6) is 0.871. The third kappa shape index (κ3) is 5.33. The van der Waals surface area contributed by atoms with Crippen LogP contribution in [0, 0.1) is 5.41 Å². The average Bonchev–Trinajstić information content (AvgIpc) is 3.34. The van der Waals surface area contributed by atoms with E-state index in [1.807, 2.05) is 52.2 Å². The lowest BCUT2D eigenvalue weighted by atomic mass is 10.1. The molecule has 160 valence electrons. The van der Waals surface area contributed by atoms with Crippen molar-refractivity contribution in [2.45, 2.75) is 26.1 Å². The molecule has 7 nitrogen and oxygen atoms in total. The van der Waals surface area contributed by atoms with Crippen molar-refractivity contribution in [3.63, 3.8) is 0 Å². The first-order valence-corrected chi connectivity index (χ1v) is 10.7. The molecule has 1 unspecified atom stereocenters. The summed E-state index contributed by atoms with van der Waals surface area (Å²) in [5, 5.41) is 11.1. The van der Waals surface area contributed by atoms with Crippen molar-refractivity contribution in [3.05, 3.63) is 56.7 Å². The van der Waals surface area contributed by atoms with Crippen LogP contribution in [0.1, 0.15) is 34.6 Å². The zero-order valence-electron chi connectivity index (χ0n) is 17.3. The summed E-state index contributed by atoms with van der Waals surface area (Å²) in [6.07, 6.45) is 1.55. The first kappa shape index (κ1) is 22.1. The lowest BCUT2D eigenvalue weighted by molar-refractivity contribution is 0.0498. The Labute approximate surface area is 185 Å². The highest BCUT2D eigenvalue weighted by Crippen LogP contribution is 2.30. The molecule has 0 saturated heterocycles. The van der Waals surface area contributed by atoms with Crippen LogP contribution in [-0.2, 0) is 4.84 Å². The van der Waals surface area contributed by atoms with Gasteiger partial charge in [-0.15, -0.1) is 11.3 Å². The largest absolute Gasteiger partial charge is 0.490 e. The maximum Gasteiger partial charge on any atom is 0.261 e. The van der Waals surface area contributed by atoms with E-state index in [-0.39, 0.29) is 18.1 Å². The van der Waals surface area contributed by atoms with Crippen molar-refractivity contribution in [1.82, 2.24) is 15.7 Å². The van der Waals surface area contributed by atoms with Crippen molar-refractivity contribution in [3.8, 4) is 5.75 Å². The summed E-state index contributed by atoms with van der Waals surface area (Å²) < 4.78 is 6.56. The molecule has 1 amide bonds. The highest BCUT2D eigenvalue weighted by Gasteiger charge is 2.22. The SMILES string of the molecule is CC(C)Oc1cc(C(=N)N(C)C)ccc1C1=CC(CNC(=O)c2ccc(Cl)s2)ON1. The molecule has 1 aliphatic heterocycles. The van der Waals surface area contributed by atoms with Gasteiger partial charge in [0, 0.05) is 25.2 Å². The Morgan fingerprint density at radius 2 is 2.13 bits per heavy atom. The molecule has 1 aromatic heterocycles. The van der Waals surface area contributed by atoms with Crippen LogP contribution >= 0.6 is 22.9 Å². The van der Waals surface area contributed by atoms with Crippen molar-refractivity contribution in [2.24, 2.45) is 0 Å². The Hall–Kier alpha value is -2.55. The fourth-order valence-electron chi connectivity index (χ4n) is 2.86. The second-order valence-corrected chi connectivity index (χ2v) is 8.99. The molecule has 0 fully saturated rings. The molecule has 2 heterocycles. The van der Waals surface area contributed by atoms with Gasteiger partial charge >= 0.3 is 0 Å². The number of rotatable bonds is 7. The second-order valence-electron chi connectivity index (χ2n) is 7.27. The smallest absolute Gasteiger partial charge is 0.261 e. The highest BCUT2D eigenvalue weighted by molar-refractivity contribution is 7.18. The number of hydrogen-bond donors (Lipinski definition) is 3. The first-order valence-electron chi connectivity index (χ1n) is 9.49. The summed E-state index contributed by atoms with van der Waals surface area (Å²) in [4.78, 5) is 20.1. The molecular formula is C21H25ClN4O3S. The monoisotopic (exact) mass is 448 g/mol. The summed E-state index contributed by atoms with van der Waals surface area (Å²) in [7, 11) is 3.66. The van der Waals surface area contributed by atoms with Gasteiger partial charge in [0.25, 0.3) is 5.91 Å². The number of ether oxygens (including phenoxy) is 1. The van der Waals surface area contributed by atoms with Crippen molar-refractivity contribution < 1.29 is 14.4 Å². The van der Waals surface area contributed by atoms with Gasteiger partial charge in [-0.25, -0.2) is 0 Å². The van der Waals surface area contributed by atoms with E-state index in [0.29, 0.717) is 27.3 Å². The number of halogens is 1. The van der Waals surface area contributed by atoms with Gasteiger partial charge in [0.15, 0.2) is 0 Å². The van der Waals surface area contributed by atoms with Gasteiger partial charge in [-0.05, 0) is 44.2 Å². The van der Waals surface area contributed by atoms with E-state index in [9.17, 15) is 4.79 Å². The quantitative estimate of drug-likeness (QED) is 0.443. The molecule has 3 N–H and O–H groups in total. The van der Waals surface area contributed by atoms with Crippen LogP contribution in [0.3, 0.4) is 0 Å². The molecular weight excluding hydrogens is 424 g/mol. The third-order valence-corrected chi connectivity index (χ3v) is 5.52. The fourth-order valence-corrected chi connectivity index (χ4v) is 3.82. The minimum atomic E-state index is -0.328. The van der Waals surface area contributed by atoms with E-state index in [1.165, 1.54) is 11.3 Å². The molecule has 0 spiro atoms. The molecule has 0 bridgehead atoms. The number of carbonyl (C=O) groups is 1. The maximum absolute atomic E-state index is 12.2. The van der Waals surface area contributed by atoms with Gasteiger partial charge in [-0.1, -0.05) is 17.7 Å². The van der Waals surface area contributed by atoms with E-state index < -0.39 is 0 Å². The number of carbonyl (C=O) groups excluding carboxylic acids is 1. The van der Waals surface area contributed by atoms with Gasteiger partial charge in [-0.3, -0.25) is 20.5 Å².